The first-order valence-corrected chi connectivity index (χ1v) is 5.99. The molecule has 5 nitrogen and oxygen atoms in total. The zero-order chi connectivity index (χ0) is 14.5. The molecule has 0 fully saturated rings. The van der Waals surface area contributed by atoms with Crippen molar-refractivity contribution in [3.8, 4) is 0 Å². The molecule has 1 heterocycles. The van der Waals surface area contributed by atoms with Crippen LogP contribution in [0.1, 0.15) is 4.88 Å². The highest BCUT2D eigenvalue weighted by molar-refractivity contribution is 7.09. The fourth-order valence-corrected chi connectivity index (χ4v) is 1.91. The largest absolute Gasteiger partial charge is 0.480 e. The van der Waals surface area contributed by atoms with Crippen LogP contribution in [0.4, 0.5) is 18.0 Å². The van der Waals surface area contributed by atoms with E-state index in [1.165, 1.54) is 11.3 Å². The zero-order valence-electron chi connectivity index (χ0n) is 9.61. The summed E-state index contributed by atoms with van der Waals surface area (Å²) in [7, 11) is 0. The summed E-state index contributed by atoms with van der Waals surface area (Å²) in [6.07, 6.45) is -4.64. The highest BCUT2D eigenvalue weighted by Gasteiger charge is 2.33. The van der Waals surface area contributed by atoms with Crippen LogP contribution in [0.15, 0.2) is 17.5 Å². The summed E-state index contributed by atoms with van der Waals surface area (Å²) in [4.78, 5) is 22.9. The van der Waals surface area contributed by atoms with Crippen LogP contribution < -0.4 is 5.32 Å². The predicted octanol–water partition coefficient (Wildman–Crippen LogP) is 1.91. The third-order valence-electron chi connectivity index (χ3n) is 1.98. The van der Waals surface area contributed by atoms with E-state index in [2.05, 4.69) is 5.32 Å². The minimum atomic E-state index is -4.64. The second-order valence-corrected chi connectivity index (χ2v) is 4.64. The molecule has 1 aromatic rings. The SMILES string of the molecule is O=C(O)CN(CC(F)(F)F)C(=O)NCc1cccs1. The number of nitrogens with zero attached hydrogens (tertiary/aromatic N) is 1. The summed E-state index contributed by atoms with van der Waals surface area (Å²) in [5.74, 6) is -1.50. The van der Waals surface area contributed by atoms with Crippen molar-refractivity contribution in [2.75, 3.05) is 13.1 Å². The van der Waals surface area contributed by atoms with Crippen molar-refractivity contribution in [3.63, 3.8) is 0 Å². The van der Waals surface area contributed by atoms with E-state index in [1.54, 1.807) is 17.5 Å². The molecule has 2 amide bonds. The fourth-order valence-electron chi connectivity index (χ4n) is 1.27. The first-order chi connectivity index (χ1) is 8.78. The molecular formula is C10H11F3N2O3S. The molecule has 0 radical (unpaired) electrons. The summed E-state index contributed by atoms with van der Waals surface area (Å²) in [5, 5.41) is 12.5. The summed E-state index contributed by atoms with van der Waals surface area (Å²) >= 11 is 1.33. The number of carbonyl (C=O) groups excluding carboxylic acids is 1. The molecule has 0 aliphatic heterocycles. The van der Waals surface area contributed by atoms with Gasteiger partial charge >= 0.3 is 18.2 Å². The molecule has 9 heteroatoms. The molecule has 106 valence electrons. The Morgan fingerprint density at radius 1 is 1.42 bits per heavy atom. The maximum absolute atomic E-state index is 12.2. The Labute approximate surface area is 110 Å². The van der Waals surface area contributed by atoms with Crippen molar-refractivity contribution < 1.29 is 27.9 Å². The van der Waals surface area contributed by atoms with Gasteiger partial charge in [0.05, 0.1) is 6.54 Å². The van der Waals surface area contributed by atoms with Crippen LogP contribution in [0.2, 0.25) is 0 Å². The minimum absolute atomic E-state index is 0.0600. The maximum Gasteiger partial charge on any atom is 0.406 e. The van der Waals surface area contributed by atoms with Gasteiger partial charge in [-0.1, -0.05) is 6.07 Å². The van der Waals surface area contributed by atoms with E-state index >= 15 is 0 Å². The van der Waals surface area contributed by atoms with Gasteiger partial charge in [0.2, 0.25) is 0 Å². The molecule has 19 heavy (non-hydrogen) atoms. The maximum atomic E-state index is 12.2. The number of hydrogen-bond donors (Lipinski definition) is 2. The van der Waals surface area contributed by atoms with E-state index in [0.717, 1.165) is 4.88 Å². The van der Waals surface area contributed by atoms with Crippen LogP contribution in [0.5, 0.6) is 0 Å². The van der Waals surface area contributed by atoms with E-state index in [1.807, 2.05) is 0 Å². The number of rotatable bonds is 5. The lowest BCUT2D eigenvalue weighted by Crippen LogP contribution is -2.46. The van der Waals surface area contributed by atoms with Crippen LogP contribution in [0, 0.1) is 0 Å². The highest BCUT2D eigenvalue weighted by atomic mass is 32.1. The van der Waals surface area contributed by atoms with Gasteiger partial charge in [-0.2, -0.15) is 13.2 Å². The number of alkyl halides is 3. The third-order valence-corrected chi connectivity index (χ3v) is 2.85. The van der Waals surface area contributed by atoms with Gasteiger partial charge in [-0.15, -0.1) is 11.3 Å². The Bertz CT molecular complexity index is 434. The number of carboxylic acid groups (broad SMARTS) is 1. The van der Waals surface area contributed by atoms with Gasteiger partial charge in [-0.3, -0.25) is 4.79 Å². The number of carboxylic acids is 1. The molecule has 0 unspecified atom stereocenters. The summed E-state index contributed by atoms with van der Waals surface area (Å²) in [5.41, 5.74) is 0. The minimum Gasteiger partial charge on any atom is -0.480 e. The van der Waals surface area contributed by atoms with Gasteiger partial charge < -0.3 is 15.3 Å². The van der Waals surface area contributed by atoms with Gasteiger partial charge in [0.25, 0.3) is 0 Å². The molecule has 2 N–H and O–H groups in total. The van der Waals surface area contributed by atoms with Crippen molar-refractivity contribution in [1.29, 1.82) is 0 Å². The van der Waals surface area contributed by atoms with Gasteiger partial charge in [0, 0.05) is 4.88 Å². The van der Waals surface area contributed by atoms with Crippen molar-refractivity contribution in [2.45, 2.75) is 12.7 Å². The Morgan fingerprint density at radius 3 is 2.58 bits per heavy atom. The molecular weight excluding hydrogens is 285 g/mol. The standard InChI is InChI=1S/C10H11F3N2O3S/c11-10(12,13)6-15(5-8(16)17)9(18)14-4-7-2-1-3-19-7/h1-3H,4-6H2,(H,14,18)(H,16,17). The molecule has 0 aliphatic carbocycles. The lowest BCUT2D eigenvalue weighted by atomic mass is 10.4. The van der Waals surface area contributed by atoms with Crippen molar-refractivity contribution >= 4 is 23.3 Å². The predicted molar refractivity (Wildman–Crippen MR) is 61.8 cm³/mol. The lowest BCUT2D eigenvalue weighted by Gasteiger charge is -2.22. The first kappa shape index (κ1) is 15.3. The van der Waals surface area contributed by atoms with Gasteiger partial charge in [-0.05, 0) is 11.4 Å². The molecule has 0 aromatic carbocycles. The number of amides is 2. The van der Waals surface area contributed by atoms with Gasteiger partial charge in [-0.25, -0.2) is 4.79 Å². The quantitative estimate of drug-likeness (QED) is 0.872. The summed E-state index contributed by atoms with van der Waals surface area (Å²) in [6, 6.07) is 2.38. The molecule has 0 saturated carbocycles. The summed E-state index contributed by atoms with van der Waals surface area (Å²) in [6.45, 7) is -2.55. The van der Waals surface area contributed by atoms with Crippen LogP contribution in [0.3, 0.4) is 0 Å². The molecule has 0 saturated heterocycles. The fraction of sp³-hybridized carbons (Fsp3) is 0.400. The average molecular weight is 296 g/mol. The number of thiophene rings is 1. The smallest absolute Gasteiger partial charge is 0.406 e. The second kappa shape index (κ2) is 6.41. The van der Waals surface area contributed by atoms with Crippen LogP contribution in [-0.4, -0.2) is 41.3 Å². The van der Waals surface area contributed by atoms with E-state index in [-0.39, 0.29) is 11.4 Å². The highest BCUT2D eigenvalue weighted by Crippen LogP contribution is 2.16. The number of aliphatic carboxylic acids is 1. The van der Waals surface area contributed by atoms with Crippen molar-refractivity contribution in [3.05, 3.63) is 22.4 Å². The number of urea groups is 1. The van der Waals surface area contributed by atoms with Crippen molar-refractivity contribution in [2.24, 2.45) is 0 Å². The topological polar surface area (TPSA) is 69.6 Å². The van der Waals surface area contributed by atoms with E-state index in [4.69, 9.17) is 5.11 Å². The van der Waals surface area contributed by atoms with E-state index in [9.17, 15) is 22.8 Å². The Kier molecular flexibility index (Phi) is 5.16. The summed E-state index contributed by atoms with van der Waals surface area (Å²) < 4.78 is 36.7. The van der Waals surface area contributed by atoms with Crippen LogP contribution in [-0.2, 0) is 11.3 Å². The molecule has 0 aliphatic rings. The Hall–Kier alpha value is -1.77. The van der Waals surface area contributed by atoms with Crippen LogP contribution in [0.25, 0.3) is 0 Å². The molecule has 1 rings (SSSR count). The molecule has 0 atom stereocenters. The molecule has 1 aromatic heterocycles. The Morgan fingerprint density at radius 2 is 2.11 bits per heavy atom. The van der Waals surface area contributed by atoms with E-state index in [0.29, 0.717) is 0 Å². The molecule has 0 bridgehead atoms. The average Bonchev–Trinajstić information content (AvgIpc) is 2.75. The van der Waals surface area contributed by atoms with Crippen molar-refractivity contribution in [1.82, 2.24) is 10.2 Å². The number of carbonyl (C=O) groups is 2. The second-order valence-electron chi connectivity index (χ2n) is 3.60. The first-order valence-electron chi connectivity index (χ1n) is 5.11. The van der Waals surface area contributed by atoms with Crippen LogP contribution >= 0.6 is 11.3 Å². The van der Waals surface area contributed by atoms with Gasteiger partial charge in [0.15, 0.2) is 0 Å². The normalized spacial score (nSPS) is 11.1. The third kappa shape index (κ3) is 6.09. The lowest BCUT2D eigenvalue weighted by molar-refractivity contribution is -0.148. The molecule has 0 spiro atoms. The van der Waals surface area contributed by atoms with E-state index < -0.39 is 31.3 Å². The monoisotopic (exact) mass is 296 g/mol. The number of hydrogen-bond acceptors (Lipinski definition) is 3. The van der Waals surface area contributed by atoms with Gasteiger partial charge in [0.1, 0.15) is 13.1 Å². The Balaban J connectivity index is 2.57. The number of nitrogens with one attached hydrogen (secondary N) is 1. The number of halogens is 3. The zero-order valence-corrected chi connectivity index (χ0v) is 10.4.